The summed E-state index contributed by atoms with van der Waals surface area (Å²) in [5.41, 5.74) is 6.48. The first-order chi connectivity index (χ1) is 7.49. The van der Waals surface area contributed by atoms with Crippen molar-refractivity contribution in [2.24, 2.45) is 0 Å². The molecule has 1 aromatic rings. The van der Waals surface area contributed by atoms with E-state index in [9.17, 15) is 9.00 Å². The highest BCUT2D eigenvalue weighted by atomic mass is 32.2. The van der Waals surface area contributed by atoms with Gasteiger partial charge in [-0.2, -0.15) is 0 Å². The smallest absolute Gasteiger partial charge is 0.267 e. The molecule has 1 heterocycles. The maximum absolute atomic E-state index is 11.6. The Morgan fingerprint density at radius 3 is 2.88 bits per heavy atom. The summed E-state index contributed by atoms with van der Waals surface area (Å²) in [4.78, 5) is 14.4. The summed E-state index contributed by atoms with van der Waals surface area (Å²) in [5, 5.41) is 2.80. The van der Waals surface area contributed by atoms with Crippen molar-refractivity contribution in [2.45, 2.75) is 19.4 Å². The lowest BCUT2D eigenvalue weighted by Gasteiger charge is -2.12. The third-order valence-corrected chi connectivity index (χ3v) is 2.98. The molecule has 90 valence electrons. The summed E-state index contributed by atoms with van der Waals surface area (Å²) in [6.45, 7) is 1.89. The van der Waals surface area contributed by atoms with Crippen LogP contribution in [0.5, 0.6) is 0 Å². The van der Waals surface area contributed by atoms with E-state index in [4.69, 9.17) is 5.73 Å². The first kappa shape index (κ1) is 12.8. The molecule has 0 saturated heterocycles. The lowest BCUT2D eigenvalue weighted by molar-refractivity contribution is 0.0935. The van der Waals surface area contributed by atoms with Gasteiger partial charge in [-0.25, -0.2) is 0 Å². The molecule has 0 aromatic carbocycles. The predicted molar refractivity (Wildman–Crippen MR) is 65.7 cm³/mol. The van der Waals surface area contributed by atoms with Crippen LogP contribution in [0.3, 0.4) is 0 Å². The van der Waals surface area contributed by atoms with E-state index in [0.717, 1.165) is 0 Å². The Hall–Kier alpha value is -1.30. The molecular weight excluding hydrogens is 226 g/mol. The summed E-state index contributed by atoms with van der Waals surface area (Å²) in [6, 6.07) is 1.58. The molecule has 2 atom stereocenters. The van der Waals surface area contributed by atoms with Crippen LogP contribution in [0, 0.1) is 0 Å². The van der Waals surface area contributed by atoms with E-state index in [1.54, 1.807) is 18.5 Å². The minimum absolute atomic E-state index is 0.000856. The fraction of sp³-hybridized carbons (Fsp3) is 0.500. The van der Waals surface area contributed by atoms with E-state index >= 15 is 0 Å². The number of hydrogen-bond donors (Lipinski definition) is 3. The minimum atomic E-state index is -0.820. The second-order valence-electron chi connectivity index (χ2n) is 3.79. The van der Waals surface area contributed by atoms with Gasteiger partial charge in [0.25, 0.3) is 5.91 Å². The van der Waals surface area contributed by atoms with E-state index in [-0.39, 0.29) is 11.9 Å². The Bertz CT molecular complexity index is 389. The molecule has 1 rings (SSSR count). The number of nitrogen functional groups attached to an aromatic ring is 1. The van der Waals surface area contributed by atoms with E-state index in [1.807, 2.05) is 6.92 Å². The molecule has 0 aliphatic rings. The molecule has 0 bridgehead atoms. The Kier molecular flexibility index (Phi) is 4.54. The molecule has 6 heteroatoms. The number of amides is 1. The van der Waals surface area contributed by atoms with Gasteiger partial charge in [0.2, 0.25) is 0 Å². The van der Waals surface area contributed by atoms with Crippen molar-refractivity contribution in [3.8, 4) is 0 Å². The van der Waals surface area contributed by atoms with Gasteiger partial charge in [0.05, 0.1) is 0 Å². The third-order valence-electron chi connectivity index (χ3n) is 2.17. The molecule has 0 fully saturated rings. The van der Waals surface area contributed by atoms with Crippen molar-refractivity contribution < 1.29 is 9.00 Å². The monoisotopic (exact) mass is 243 g/mol. The average Bonchev–Trinajstić information content (AvgIpc) is 2.62. The SMILES string of the molecule is CC(CCS(C)=O)NC(=O)c1cc(N)c[nH]1. The summed E-state index contributed by atoms with van der Waals surface area (Å²) in [5.74, 6) is 0.403. The van der Waals surface area contributed by atoms with E-state index in [2.05, 4.69) is 10.3 Å². The van der Waals surface area contributed by atoms with Gasteiger partial charge in [0, 0.05) is 40.7 Å². The Balaban J connectivity index is 2.42. The Labute approximate surface area is 97.3 Å². The van der Waals surface area contributed by atoms with Crippen LogP contribution in [0.4, 0.5) is 5.69 Å². The maximum atomic E-state index is 11.6. The fourth-order valence-corrected chi connectivity index (χ4v) is 1.94. The van der Waals surface area contributed by atoms with E-state index in [0.29, 0.717) is 23.6 Å². The van der Waals surface area contributed by atoms with Gasteiger partial charge in [0.1, 0.15) is 5.69 Å². The number of carbonyl (C=O) groups is 1. The van der Waals surface area contributed by atoms with Crippen molar-refractivity contribution in [3.63, 3.8) is 0 Å². The van der Waals surface area contributed by atoms with Gasteiger partial charge in [-0.1, -0.05) is 0 Å². The number of aromatic nitrogens is 1. The number of nitrogens with two attached hydrogens (primary N) is 1. The van der Waals surface area contributed by atoms with Crippen LogP contribution in [0.25, 0.3) is 0 Å². The normalized spacial score (nSPS) is 14.4. The minimum Gasteiger partial charge on any atom is -0.397 e. The lowest BCUT2D eigenvalue weighted by Crippen LogP contribution is -2.33. The zero-order valence-electron chi connectivity index (χ0n) is 9.45. The van der Waals surface area contributed by atoms with Crippen molar-refractivity contribution in [3.05, 3.63) is 18.0 Å². The first-order valence-corrected chi connectivity index (χ1v) is 6.76. The van der Waals surface area contributed by atoms with Crippen molar-refractivity contribution in [1.29, 1.82) is 0 Å². The first-order valence-electron chi connectivity index (χ1n) is 5.04. The molecule has 0 spiro atoms. The number of carbonyl (C=O) groups excluding carboxylic acids is 1. The number of rotatable bonds is 5. The van der Waals surface area contributed by atoms with Crippen molar-refractivity contribution in [2.75, 3.05) is 17.7 Å². The summed E-state index contributed by atoms with van der Waals surface area (Å²) >= 11 is 0. The van der Waals surface area contributed by atoms with Gasteiger partial charge in [-0.05, 0) is 19.4 Å². The average molecular weight is 243 g/mol. The summed E-state index contributed by atoms with van der Waals surface area (Å²) in [7, 11) is -0.820. The molecule has 1 amide bonds. The Morgan fingerprint density at radius 1 is 1.69 bits per heavy atom. The molecule has 16 heavy (non-hydrogen) atoms. The molecule has 0 saturated carbocycles. The second-order valence-corrected chi connectivity index (χ2v) is 5.34. The van der Waals surface area contributed by atoms with Gasteiger partial charge < -0.3 is 16.0 Å². The zero-order chi connectivity index (χ0) is 12.1. The highest BCUT2D eigenvalue weighted by Gasteiger charge is 2.11. The fourth-order valence-electron chi connectivity index (χ4n) is 1.26. The molecule has 4 N–H and O–H groups in total. The van der Waals surface area contributed by atoms with Crippen molar-refractivity contribution in [1.82, 2.24) is 10.3 Å². The Morgan fingerprint density at radius 2 is 2.38 bits per heavy atom. The summed E-state index contributed by atoms with van der Waals surface area (Å²) in [6.07, 6.45) is 3.92. The van der Waals surface area contributed by atoms with E-state index < -0.39 is 10.8 Å². The predicted octanol–water partition coefficient (Wildman–Crippen LogP) is 0.484. The van der Waals surface area contributed by atoms with Crippen LogP contribution >= 0.6 is 0 Å². The molecule has 0 aliphatic heterocycles. The van der Waals surface area contributed by atoms with Crippen LogP contribution in [0.15, 0.2) is 12.3 Å². The van der Waals surface area contributed by atoms with Gasteiger partial charge in [-0.15, -0.1) is 0 Å². The van der Waals surface area contributed by atoms with Crippen molar-refractivity contribution >= 4 is 22.4 Å². The maximum Gasteiger partial charge on any atom is 0.267 e. The molecule has 0 aliphatic carbocycles. The van der Waals surface area contributed by atoms with Crippen LogP contribution in [-0.4, -0.2) is 33.2 Å². The number of anilines is 1. The molecular formula is C10H17N3O2S. The third kappa shape index (κ3) is 4.06. The quantitative estimate of drug-likeness (QED) is 0.703. The topological polar surface area (TPSA) is 88.0 Å². The molecule has 5 nitrogen and oxygen atoms in total. The number of aromatic amines is 1. The second kappa shape index (κ2) is 5.69. The molecule has 0 radical (unpaired) electrons. The van der Waals surface area contributed by atoms with Crippen LogP contribution in [-0.2, 0) is 10.8 Å². The molecule has 2 unspecified atom stereocenters. The van der Waals surface area contributed by atoms with Crippen LogP contribution < -0.4 is 11.1 Å². The van der Waals surface area contributed by atoms with Crippen LogP contribution in [0.2, 0.25) is 0 Å². The number of nitrogens with one attached hydrogen (secondary N) is 2. The number of hydrogen-bond acceptors (Lipinski definition) is 3. The highest BCUT2D eigenvalue weighted by Crippen LogP contribution is 2.05. The highest BCUT2D eigenvalue weighted by molar-refractivity contribution is 7.84. The van der Waals surface area contributed by atoms with Crippen LogP contribution in [0.1, 0.15) is 23.8 Å². The largest absolute Gasteiger partial charge is 0.397 e. The summed E-state index contributed by atoms with van der Waals surface area (Å²) < 4.78 is 10.9. The van der Waals surface area contributed by atoms with E-state index in [1.165, 1.54) is 0 Å². The zero-order valence-corrected chi connectivity index (χ0v) is 10.3. The van der Waals surface area contributed by atoms with Gasteiger partial charge >= 0.3 is 0 Å². The van der Waals surface area contributed by atoms with Gasteiger partial charge in [-0.3, -0.25) is 9.00 Å². The van der Waals surface area contributed by atoms with Gasteiger partial charge in [0.15, 0.2) is 0 Å². The molecule has 1 aromatic heterocycles. The number of H-pyrrole nitrogens is 1. The lowest BCUT2D eigenvalue weighted by atomic mass is 10.2. The standard InChI is InChI=1S/C10H17N3O2S/c1-7(3-4-16(2)15)13-10(14)9-5-8(11)6-12-9/h5-7,12H,3-4,11H2,1-2H3,(H,13,14).